The molecule has 4 nitrogen and oxygen atoms in total. The molecule has 1 unspecified atom stereocenters. The molecule has 1 aromatic rings. The van der Waals surface area contributed by atoms with E-state index in [-0.39, 0.29) is 5.91 Å². The van der Waals surface area contributed by atoms with Crippen LogP contribution >= 0.6 is 11.6 Å². The molecule has 2 rings (SSSR count). The van der Waals surface area contributed by atoms with Crippen molar-refractivity contribution in [3.05, 3.63) is 34.3 Å². The largest absolute Gasteiger partial charge is 0.368 e. The van der Waals surface area contributed by atoms with Crippen LogP contribution in [0.15, 0.2) is 18.2 Å². The van der Waals surface area contributed by atoms with Crippen LogP contribution in [0.2, 0.25) is 5.02 Å². The number of likely N-dealkylation sites (N-methyl/N-ethyl adjacent to an activating group) is 1. The van der Waals surface area contributed by atoms with Crippen molar-refractivity contribution in [2.75, 3.05) is 26.2 Å². The van der Waals surface area contributed by atoms with Crippen molar-refractivity contribution in [1.29, 1.82) is 0 Å². The zero-order chi connectivity index (χ0) is 15.5. The number of carbonyl (C=O) groups excluding carboxylic acids is 1. The molecule has 1 aromatic carbocycles. The standard InChI is InChI=1S/C16H24ClN3O/c1-3-20(4-2)10-9-19-16(15(18)21)8-7-12-11-13(17)5-6-14(12)16/h5-6,11,19H,3-4,7-10H2,1-2H3,(H2,18,21). The Labute approximate surface area is 131 Å². The van der Waals surface area contributed by atoms with Gasteiger partial charge in [0.25, 0.3) is 0 Å². The molecule has 0 spiro atoms. The number of halogens is 1. The van der Waals surface area contributed by atoms with E-state index in [4.69, 9.17) is 17.3 Å². The lowest BCUT2D eigenvalue weighted by Crippen LogP contribution is -2.53. The third kappa shape index (κ3) is 3.23. The molecule has 116 valence electrons. The number of rotatable bonds is 7. The zero-order valence-corrected chi connectivity index (χ0v) is 13.5. The van der Waals surface area contributed by atoms with E-state index in [1.54, 1.807) is 0 Å². The Morgan fingerprint density at radius 1 is 1.43 bits per heavy atom. The minimum Gasteiger partial charge on any atom is -0.368 e. The van der Waals surface area contributed by atoms with Gasteiger partial charge in [0.15, 0.2) is 0 Å². The van der Waals surface area contributed by atoms with E-state index in [2.05, 4.69) is 24.1 Å². The van der Waals surface area contributed by atoms with E-state index in [1.807, 2.05) is 18.2 Å². The van der Waals surface area contributed by atoms with Gasteiger partial charge in [-0.1, -0.05) is 31.5 Å². The Morgan fingerprint density at radius 3 is 2.76 bits per heavy atom. The lowest BCUT2D eigenvalue weighted by Gasteiger charge is -2.30. The van der Waals surface area contributed by atoms with Crippen molar-refractivity contribution >= 4 is 17.5 Å². The summed E-state index contributed by atoms with van der Waals surface area (Å²) in [6, 6.07) is 5.70. The monoisotopic (exact) mass is 309 g/mol. The first-order valence-corrected chi connectivity index (χ1v) is 7.97. The number of carbonyl (C=O) groups is 1. The fourth-order valence-corrected chi connectivity index (χ4v) is 3.33. The molecule has 0 saturated carbocycles. The minimum atomic E-state index is -0.743. The van der Waals surface area contributed by atoms with E-state index in [1.165, 1.54) is 0 Å². The highest BCUT2D eigenvalue weighted by atomic mass is 35.5. The number of hydrogen-bond acceptors (Lipinski definition) is 3. The first kappa shape index (κ1) is 16.3. The summed E-state index contributed by atoms with van der Waals surface area (Å²) in [4.78, 5) is 14.4. The molecule has 1 atom stereocenters. The maximum absolute atomic E-state index is 12.1. The van der Waals surface area contributed by atoms with Gasteiger partial charge in [0.1, 0.15) is 5.54 Å². The van der Waals surface area contributed by atoms with Gasteiger partial charge in [-0.3, -0.25) is 10.1 Å². The molecule has 1 aliphatic carbocycles. The summed E-state index contributed by atoms with van der Waals surface area (Å²) in [6.45, 7) is 7.94. The molecule has 21 heavy (non-hydrogen) atoms. The van der Waals surface area contributed by atoms with Gasteiger partial charge in [0, 0.05) is 18.1 Å². The van der Waals surface area contributed by atoms with E-state index in [9.17, 15) is 4.79 Å². The zero-order valence-electron chi connectivity index (χ0n) is 12.8. The van der Waals surface area contributed by atoms with E-state index in [0.29, 0.717) is 11.4 Å². The highest BCUT2D eigenvalue weighted by molar-refractivity contribution is 6.30. The Bertz CT molecular complexity index is 516. The smallest absolute Gasteiger partial charge is 0.242 e. The summed E-state index contributed by atoms with van der Waals surface area (Å²) in [5.74, 6) is -0.303. The molecule has 0 aliphatic heterocycles. The van der Waals surface area contributed by atoms with Gasteiger partial charge in [0.05, 0.1) is 0 Å². The summed E-state index contributed by atoms with van der Waals surface area (Å²) in [6.07, 6.45) is 1.54. The van der Waals surface area contributed by atoms with E-state index in [0.717, 1.165) is 43.7 Å². The van der Waals surface area contributed by atoms with Crippen LogP contribution < -0.4 is 11.1 Å². The third-order valence-electron chi connectivity index (χ3n) is 4.47. The van der Waals surface area contributed by atoms with Gasteiger partial charge in [-0.25, -0.2) is 0 Å². The van der Waals surface area contributed by atoms with Gasteiger partial charge in [0.2, 0.25) is 5.91 Å². The number of nitrogens with zero attached hydrogens (tertiary/aromatic N) is 1. The third-order valence-corrected chi connectivity index (χ3v) is 4.70. The molecular weight excluding hydrogens is 286 g/mol. The fraction of sp³-hybridized carbons (Fsp3) is 0.562. The number of fused-ring (bicyclic) bond motifs is 1. The molecule has 1 amide bonds. The molecule has 3 N–H and O–H groups in total. The lowest BCUT2D eigenvalue weighted by molar-refractivity contribution is -0.124. The first-order valence-electron chi connectivity index (χ1n) is 7.59. The van der Waals surface area contributed by atoms with E-state index >= 15 is 0 Å². The van der Waals surface area contributed by atoms with Crippen LogP contribution in [0, 0.1) is 0 Å². The van der Waals surface area contributed by atoms with Gasteiger partial charge in [-0.15, -0.1) is 0 Å². The quantitative estimate of drug-likeness (QED) is 0.809. The Kier molecular flexibility index (Phi) is 5.25. The summed E-state index contributed by atoms with van der Waals surface area (Å²) in [5, 5.41) is 4.12. The van der Waals surface area contributed by atoms with Crippen molar-refractivity contribution in [3.63, 3.8) is 0 Å². The van der Waals surface area contributed by atoms with Gasteiger partial charge < -0.3 is 10.6 Å². The topological polar surface area (TPSA) is 58.4 Å². The summed E-state index contributed by atoms with van der Waals surface area (Å²) >= 11 is 6.04. The van der Waals surface area contributed by atoms with Crippen LogP contribution in [0.3, 0.4) is 0 Å². The fourth-order valence-electron chi connectivity index (χ4n) is 3.14. The van der Waals surface area contributed by atoms with Gasteiger partial charge >= 0.3 is 0 Å². The van der Waals surface area contributed by atoms with Crippen LogP contribution in [0.25, 0.3) is 0 Å². The number of amides is 1. The number of benzene rings is 1. The molecular formula is C16H24ClN3O. The van der Waals surface area contributed by atoms with Gasteiger partial charge in [-0.2, -0.15) is 0 Å². The Balaban J connectivity index is 2.15. The summed E-state index contributed by atoms with van der Waals surface area (Å²) < 4.78 is 0. The normalized spacial score (nSPS) is 20.8. The van der Waals surface area contributed by atoms with Crippen molar-refractivity contribution in [1.82, 2.24) is 10.2 Å². The molecule has 0 heterocycles. The highest BCUT2D eigenvalue weighted by Gasteiger charge is 2.43. The number of aryl methyl sites for hydroxylation is 1. The highest BCUT2D eigenvalue weighted by Crippen LogP contribution is 2.37. The maximum atomic E-state index is 12.1. The van der Waals surface area contributed by atoms with Crippen molar-refractivity contribution in [2.45, 2.75) is 32.2 Å². The lowest BCUT2D eigenvalue weighted by atomic mass is 9.91. The van der Waals surface area contributed by atoms with Crippen LogP contribution in [-0.2, 0) is 16.8 Å². The van der Waals surface area contributed by atoms with E-state index < -0.39 is 5.54 Å². The Morgan fingerprint density at radius 2 is 2.14 bits per heavy atom. The predicted octanol–water partition coefficient (Wildman–Crippen LogP) is 1.90. The number of hydrogen-bond donors (Lipinski definition) is 2. The molecule has 1 aliphatic rings. The number of primary amides is 1. The van der Waals surface area contributed by atoms with Crippen molar-refractivity contribution < 1.29 is 4.79 Å². The second-order valence-electron chi connectivity index (χ2n) is 5.52. The SMILES string of the molecule is CCN(CC)CCNC1(C(N)=O)CCc2cc(Cl)ccc21. The molecule has 0 aromatic heterocycles. The van der Waals surface area contributed by atoms with Gasteiger partial charge in [-0.05, 0) is 49.2 Å². The Hall–Kier alpha value is -1.10. The van der Waals surface area contributed by atoms with Crippen LogP contribution in [0.5, 0.6) is 0 Å². The maximum Gasteiger partial charge on any atom is 0.242 e. The first-order chi connectivity index (χ1) is 10.0. The molecule has 0 radical (unpaired) electrons. The second kappa shape index (κ2) is 6.77. The average molecular weight is 310 g/mol. The molecule has 0 saturated heterocycles. The molecule has 0 bridgehead atoms. The average Bonchev–Trinajstić information content (AvgIpc) is 2.83. The van der Waals surface area contributed by atoms with Crippen molar-refractivity contribution in [3.8, 4) is 0 Å². The van der Waals surface area contributed by atoms with Crippen LogP contribution in [-0.4, -0.2) is 37.0 Å². The number of nitrogens with one attached hydrogen (secondary N) is 1. The van der Waals surface area contributed by atoms with Crippen LogP contribution in [0.4, 0.5) is 0 Å². The molecule has 5 heteroatoms. The second-order valence-corrected chi connectivity index (χ2v) is 5.96. The summed E-state index contributed by atoms with van der Waals surface area (Å²) in [7, 11) is 0. The van der Waals surface area contributed by atoms with Crippen LogP contribution in [0.1, 0.15) is 31.4 Å². The molecule has 0 fully saturated rings. The number of nitrogens with two attached hydrogens (primary N) is 1. The summed E-state index contributed by atoms with van der Waals surface area (Å²) in [5.41, 5.74) is 7.08. The van der Waals surface area contributed by atoms with Crippen molar-refractivity contribution in [2.24, 2.45) is 5.73 Å². The minimum absolute atomic E-state index is 0.303. The predicted molar refractivity (Wildman–Crippen MR) is 86.4 cm³/mol.